The first-order chi connectivity index (χ1) is 21.6. The van der Waals surface area contributed by atoms with Gasteiger partial charge in [-0.1, -0.05) is 6.07 Å². The number of amides is 1. The number of esters is 1. The lowest BCUT2D eigenvalue weighted by atomic mass is 9.81. The Labute approximate surface area is 265 Å². The summed E-state index contributed by atoms with van der Waals surface area (Å²) >= 11 is 0. The molecule has 47 heavy (non-hydrogen) atoms. The van der Waals surface area contributed by atoms with Crippen LogP contribution >= 0.6 is 0 Å². The van der Waals surface area contributed by atoms with Gasteiger partial charge in [-0.05, 0) is 80.8 Å². The van der Waals surface area contributed by atoms with Crippen LogP contribution in [0.15, 0.2) is 48.7 Å². The lowest BCUT2D eigenvalue weighted by Gasteiger charge is -2.32. The Bertz CT molecular complexity index is 1640. The van der Waals surface area contributed by atoms with Crippen LogP contribution in [0.2, 0.25) is 0 Å². The summed E-state index contributed by atoms with van der Waals surface area (Å²) in [7, 11) is 1.23. The highest BCUT2D eigenvalue weighted by molar-refractivity contribution is 6.03. The van der Waals surface area contributed by atoms with Gasteiger partial charge in [0.15, 0.2) is 0 Å². The second kappa shape index (κ2) is 13.7. The number of hydrogen-bond acceptors (Lipinski definition) is 6. The molecule has 0 aliphatic heterocycles. The average Bonchev–Trinajstić information content (AvgIpc) is 2.97. The van der Waals surface area contributed by atoms with Gasteiger partial charge in [-0.25, -0.2) is 4.39 Å². The van der Waals surface area contributed by atoms with E-state index in [1.54, 1.807) is 13.8 Å². The summed E-state index contributed by atoms with van der Waals surface area (Å²) in [5, 5.41) is 11.8. The van der Waals surface area contributed by atoms with E-state index in [9.17, 15) is 50.4 Å². The van der Waals surface area contributed by atoms with Gasteiger partial charge in [0.05, 0.1) is 53.1 Å². The molecule has 1 amide bonds. The van der Waals surface area contributed by atoms with Crippen molar-refractivity contribution in [3.63, 3.8) is 0 Å². The van der Waals surface area contributed by atoms with Gasteiger partial charge in [-0.3, -0.25) is 24.7 Å². The van der Waals surface area contributed by atoms with Crippen molar-refractivity contribution in [2.75, 3.05) is 18.6 Å². The first-order valence-corrected chi connectivity index (χ1v) is 14.2. The predicted octanol–water partition coefficient (Wildman–Crippen LogP) is 7.88. The van der Waals surface area contributed by atoms with Crippen LogP contribution in [0, 0.1) is 22.9 Å². The summed E-state index contributed by atoms with van der Waals surface area (Å²) in [5.74, 6) is -3.37. The van der Waals surface area contributed by atoms with Crippen molar-refractivity contribution < 1.29 is 50.0 Å². The number of ether oxygens (including phenoxy) is 1. The van der Waals surface area contributed by atoms with Crippen LogP contribution in [-0.4, -0.2) is 41.5 Å². The van der Waals surface area contributed by atoms with Gasteiger partial charge >= 0.3 is 18.3 Å². The van der Waals surface area contributed by atoms with E-state index in [4.69, 9.17) is 4.74 Å². The van der Waals surface area contributed by atoms with Gasteiger partial charge in [-0.15, -0.1) is 0 Å². The molecule has 8 nitrogen and oxygen atoms in total. The number of benzene rings is 2. The molecule has 2 atom stereocenters. The first kappa shape index (κ1) is 36.9. The Morgan fingerprint density at radius 3 is 2.00 bits per heavy atom. The lowest BCUT2D eigenvalue weighted by Crippen LogP contribution is -2.42. The predicted molar refractivity (Wildman–Crippen MR) is 158 cm³/mol. The van der Waals surface area contributed by atoms with Crippen LogP contribution in [0.25, 0.3) is 11.1 Å². The molecule has 0 aliphatic rings. The molecule has 1 heterocycles. The van der Waals surface area contributed by atoms with Crippen molar-refractivity contribution in [2.45, 2.75) is 70.8 Å². The Morgan fingerprint density at radius 2 is 1.51 bits per heavy atom. The molecule has 0 fully saturated rings. The van der Waals surface area contributed by atoms with E-state index in [-0.39, 0.29) is 29.6 Å². The molecule has 0 aliphatic carbocycles. The average molecular weight is 672 g/mol. The largest absolute Gasteiger partial charge is 0.466 e. The summed E-state index contributed by atoms with van der Waals surface area (Å²) in [5.41, 5.74) is -4.76. The lowest BCUT2D eigenvalue weighted by molar-refractivity contribution is -0.522. The molecule has 0 saturated heterocycles. The second-order valence-electron chi connectivity index (χ2n) is 11.5. The second-order valence-corrected chi connectivity index (χ2v) is 11.5. The first-order valence-electron chi connectivity index (χ1n) is 14.2. The standard InChI is InChI=1S/C32H32F7N3O5/c1-7-47-28(43)15-24(18(3)42(45)46)26-14-25(23-9-8-22(33)10-17(23)2)27(16-40-26)41(6)29(44)30(4,5)19-11-20(31(34,35)36)13-21(12-19)32(37,38)39/h8-14,16,18,24H,7,15H2,1-6H3. The Morgan fingerprint density at radius 1 is 0.957 bits per heavy atom. The zero-order valence-electron chi connectivity index (χ0n) is 26.2. The topological polar surface area (TPSA) is 103 Å². The summed E-state index contributed by atoms with van der Waals surface area (Å²) < 4.78 is 101. The van der Waals surface area contributed by atoms with Crippen LogP contribution in [0.1, 0.15) is 68.0 Å². The highest BCUT2D eigenvalue weighted by atomic mass is 19.4. The fourth-order valence-corrected chi connectivity index (χ4v) is 5.12. The van der Waals surface area contributed by atoms with Crippen LogP contribution in [-0.2, 0) is 32.1 Å². The number of nitrogens with zero attached hydrogens (tertiary/aromatic N) is 3. The van der Waals surface area contributed by atoms with Gasteiger partial charge < -0.3 is 9.64 Å². The van der Waals surface area contributed by atoms with E-state index in [1.165, 1.54) is 46.0 Å². The van der Waals surface area contributed by atoms with E-state index in [0.29, 0.717) is 23.3 Å². The third kappa shape index (κ3) is 8.24. The molecule has 15 heteroatoms. The highest BCUT2D eigenvalue weighted by Gasteiger charge is 2.41. The van der Waals surface area contributed by atoms with Gasteiger partial charge in [0, 0.05) is 24.5 Å². The summed E-state index contributed by atoms with van der Waals surface area (Å²) in [6, 6.07) is 4.64. The van der Waals surface area contributed by atoms with Crippen molar-refractivity contribution in [1.29, 1.82) is 0 Å². The number of likely N-dealkylation sites (N-methyl/N-ethyl adjacent to an activating group) is 1. The molecular weight excluding hydrogens is 639 g/mol. The molecule has 3 aromatic rings. The number of aryl methyl sites for hydroxylation is 1. The third-order valence-electron chi connectivity index (χ3n) is 7.88. The van der Waals surface area contributed by atoms with E-state index < -0.39 is 75.5 Å². The quantitative estimate of drug-likeness (QED) is 0.0941. The highest BCUT2D eigenvalue weighted by Crippen LogP contribution is 2.41. The number of hydrogen-bond donors (Lipinski definition) is 0. The number of halogens is 7. The summed E-state index contributed by atoms with van der Waals surface area (Å²) in [6.45, 7) is 6.73. The van der Waals surface area contributed by atoms with Crippen molar-refractivity contribution >= 4 is 17.6 Å². The van der Waals surface area contributed by atoms with Crippen LogP contribution in [0.3, 0.4) is 0 Å². The van der Waals surface area contributed by atoms with Crippen LogP contribution < -0.4 is 4.90 Å². The smallest absolute Gasteiger partial charge is 0.416 e. The molecule has 3 rings (SSSR count). The normalized spacial score (nSPS) is 13.6. The molecule has 2 aromatic carbocycles. The number of rotatable bonds is 10. The Kier molecular flexibility index (Phi) is 10.7. The number of aromatic nitrogens is 1. The van der Waals surface area contributed by atoms with Crippen molar-refractivity contribution in [1.82, 2.24) is 4.98 Å². The summed E-state index contributed by atoms with van der Waals surface area (Å²) in [6.07, 6.45) is -9.56. The van der Waals surface area contributed by atoms with E-state index in [0.717, 1.165) is 17.2 Å². The molecule has 0 bridgehead atoms. The van der Waals surface area contributed by atoms with E-state index in [2.05, 4.69) is 4.98 Å². The monoisotopic (exact) mass is 671 g/mol. The van der Waals surface area contributed by atoms with Gasteiger partial charge in [0.25, 0.3) is 0 Å². The molecule has 0 saturated carbocycles. The fourth-order valence-electron chi connectivity index (χ4n) is 5.12. The number of nitro groups is 1. The molecule has 1 aromatic heterocycles. The zero-order valence-corrected chi connectivity index (χ0v) is 26.2. The maximum Gasteiger partial charge on any atom is 0.416 e. The molecule has 0 N–H and O–H groups in total. The molecular formula is C32H32F7N3O5. The minimum absolute atomic E-state index is 0.00759. The Balaban J connectivity index is 2.23. The molecule has 0 spiro atoms. The number of anilines is 1. The third-order valence-corrected chi connectivity index (χ3v) is 7.88. The minimum atomic E-state index is -5.14. The Hall–Kier alpha value is -4.56. The van der Waals surface area contributed by atoms with Crippen LogP contribution in [0.4, 0.5) is 36.4 Å². The molecule has 0 radical (unpaired) electrons. The zero-order chi connectivity index (χ0) is 35.6. The van der Waals surface area contributed by atoms with E-state index in [1.807, 2.05) is 0 Å². The molecule has 2 unspecified atom stereocenters. The maximum absolute atomic E-state index is 14.1. The number of pyridine rings is 1. The van der Waals surface area contributed by atoms with Gasteiger partial charge in [0.1, 0.15) is 5.82 Å². The maximum atomic E-state index is 14.1. The molecule has 254 valence electrons. The van der Waals surface area contributed by atoms with Crippen LogP contribution in [0.5, 0.6) is 0 Å². The number of alkyl halides is 6. The van der Waals surface area contributed by atoms with E-state index >= 15 is 0 Å². The van der Waals surface area contributed by atoms with Crippen molar-refractivity contribution in [2.24, 2.45) is 0 Å². The summed E-state index contributed by atoms with van der Waals surface area (Å²) in [4.78, 5) is 42.8. The van der Waals surface area contributed by atoms with Gasteiger partial charge in [0.2, 0.25) is 11.9 Å². The fraction of sp³-hybridized carbons (Fsp3) is 0.406. The van der Waals surface area contributed by atoms with Crippen molar-refractivity contribution in [3.8, 4) is 11.1 Å². The number of carbonyl (C=O) groups excluding carboxylic acids is 2. The van der Waals surface area contributed by atoms with Crippen molar-refractivity contribution in [3.05, 3.63) is 92.5 Å². The minimum Gasteiger partial charge on any atom is -0.466 e. The van der Waals surface area contributed by atoms with Gasteiger partial charge in [-0.2, -0.15) is 26.3 Å². The number of carbonyl (C=O) groups is 2. The SMILES string of the molecule is CCOC(=O)CC(c1cc(-c2ccc(F)cc2C)c(N(C)C(=O)C(C)(C)c2cc(C(F)(F)F)cc(C(F)(F)F)c2)cn1)C(C)[N+](=O)[O-].